The number of rotatable bonds is 1. The number of hydrogen-bond donors (Lipinski definition) is 1. The van der Waals surface area contributed by atoms with Crippen LogP contribution in [0.3, 0.4) is 0 Å². The summed E-state index contributed by atoms with van der Waals surface area (Å²) in [5.74, 6) is 0. The first-order valence-electron chi connectivity index (χ1n) is 6.09. The fraction of sp³-hybridized carbons (Fsp3) is 0.500. The third kappa shape index (κ3) is 1.64. The van der Waals surface area contributed by atoms with E-state index in [1.807, 2.05) is 11.4 Å². The van der Waals surface area contributed by atoms with Crippen LogP contribution >= 0.6 is 11.3 Å². The first-order chi connectivity index (χ1) is 8.70. The van der Waals surface area contributed by atoms with Gasteiger partial charge in [-0.25, -0.2) is 4.79 Å². The van der Waals surface area contributed by atoms with Crippen molar-refractivity contribution in [2.75, 3.05) is 13.1 Å². The molecule has 0 spiro atoms. The van der Waals surface area contributed by atoms with E-state index in [4.69, 9.17) is 0 Å². The molecule has 1 saturated heterocycles. The average molecular weight is 265 g/mol. The highest BCUT2D eigenvalue weighted by Gasteiger charge is 2.21. The molecule has 1 atom stereocenters. The number of fused-ring (bicyclic) bond motifs is 1. The largest absolute Gasteiger partial charge is 0.331 e. The molecule has 0 amide bonds. The number of aryl methyl sites for hydroxylation is 1. The van der Waals surface area contributed by atoms with Gasteiger partial charge in [-0.2, -0.15) is 0 Å². The summed E-state index contributed by atoms with van der Waals surface area (Å²) in [7, 11) is 1.73. The Bertz CT molecular complexity index is 691. The topological polar surface area (TPSA) is 56.0 Å². The quantitative estimate of drug-likeness (QED) is 0.825. The van der Waals surface area contributed by atoms with E-state index in [0.29, 0.717) is 11.2 Å². The van der Waals surface area contributed by atoms with Crippen LogP contribution in [0, 0.1) is 0 Å². The van der Waals surface area contributed by atoms with Crippen molar-refractivity contribution in [3.8, 4) is 0 Å². The Labute approximate surface area is 108 Å². The highest BCUT2D eigenvalue weighted by Crippen LogP contribution is 2.17. The minimum atomic E-state index is -0.209. The molecule has 2 aromatic heterocycles. The Hall–Kier alpha value is -1.40. The summed E-state index contributed by atoms with van der Waals surface area (Å²) in [6.45, 7) is 1.67. The van der Waals surface area contributed by atoms with Crippen LogP contribution < -0.4 is 16.6 Å². The van der Waals surface area contributed by atoms with E-state index in [9.17, 15) is 9.59 Å². The van der Waals surface area contributed by atoms with Crippen LogP contribution in [0.25, 0.3) is 10.2 Å². The van der Waals surface area contributed by atoms with Gasteiger partial charge in [0.1, 0.15) is 4.70 Å². The predicted octanol–water partition coefficient (Wildman–Crippen LogP) is 0.686. The molecular formula is C12H15N3O2S. The maximum absolute atomic E-state index is 12.4. The number of piperidine rings is 1. The summed E-state index contributed by atoms with van der Waals surface area (Å²) in [6.07, 6.45) is 1.89. The van der Waals surface area contributed by atoms with Gasteiger partial charge >= 0.3 is 5.69 Å². The zero-order valence-electron chi connectivity index (χ0n) is 10.2. The standard InChI is InChI=1S/C12H15N3O2S/c1-14-9-4-6-18-10(9)11(16)15(12(14)17)8-3-2-5-13-7-8/h4,6,8,13H,2-3,5,7H2,1H3/t8-/m0/s1. The van der Waals surface area contributed by atoms with Gasteiger partial charge in [0.25, 0.3) is 5.56 Å². The fourth-order valence-corrected chi connectivity index (χ4v) is 3.42. The van der Waals surface area contributed by atoms with Gasteiger partial charge in [-0.15, -0.1) is 11.3 Å². The van der Waals surface area contributed by atoms with Crippen LogP contribution in [-0.4, -0.2) is 22.2 Å². The van der Waals surface area contributed by atoms with Gasteiger partial charge in [0.15, 0.2) is 0 Å². The molecule has 3 heterocycles. The molecule has 5 nitrogen and oxygen atoms in total. The summed E-state index contributed by atoms with van der Waals surface area (Å²) >= 11 is 1.40. The van der Waals surface area contributed by atoms with E-state index in [2.05, 4.69) is 5.32 Å². The molecule has 1 aliphatic heterocycles. The van der Waals surface area contributed by atoms with E-state index in [1.54, 1.807) is 11.6 Å². The molecule has 0 bridgehead atoms. The molecule has 0 unspecified atom stereocenters. The monoisotopic (exact) mass is 265 g/mol. The van der Waals surface area contributed by atoms with E-state index >= 15 is 0 Å². The van der Waals surface area contributed by atoms with E-state index < -0.39 is 0 Å². The Kier molecular flexibility index (Phi) is 2.83. The molecule has 0 saturated carbocycles. The smallest absolute Gasteiger partial charge is 0.315 e. The van der Waals surface area contributed by atoms with Crippen molar-refractivity contribution in [1.29, 1.82) is 0 Å². The SMILES string of the molecule is Cn1c(=O)n([C@H]2CCCNC2)c(=O)c2sccc21. The first kappa shape index (κ1) is 11.7. The second-order valence-corrected chi connectivity index (χ2v) is 5.57. The lowest BCUT2D eigenvalue weighted by atomic mass is 10.1. The van der Waals surface area contributed by atoms with Crippen LogP contribution in [0.5, 0.6) is 0 Å². The average Bonchev–Trinajstić information content (AvgIpc) is 2.87. The van der Waals surface area contributed by atoms with Gasteiger partial charge < -0.3 is 5.32 Å². The Morgan fingerprint density at radius 1 is 1.44 bits per heavy atom. The summed E-state index contributed by atoms with van der Waals surface area (Å²) in [5.41, 5.74) is 0.381. The zero-order valence-corrected chi connectivity index (χ0v) is 11.0. The molecule has 96 valence electrons. The first-order valence-corrected chi connectivity index (χ1v) is 6.97. The lowest BCUT2D eigenvalue weighted by molar-refractivity contribution is 0.351. The molecule has 0 aliphatic carbocycles. The molecule has 1 aliphatic rings. The number of aromatic nitrogens is 2. The maximum Gasteiger partial charge on any atom is 0.331 e. The van der Waals surface area contributed by atoms with E-state index in [0.717, 1.165) is 24.9 Å². The minimum Gasteiger partial charge on any atom is -0.315 e. The van der Waals surface area contributed by atoms with Gasteiger partial charge in [-0.3, -0.25) is 13.9 Å². The summed E-state index contributed by atoms with van der Waals surface area (Å²) in [6, 6.07) is 1.81. The molecule has 6 heteroatoms. The normalized spacial score (nSPS) is 20.4. The van der Waals surface area contributed by atoms with Crippen molar-refractivity contribution in [2.45, 2.75) is 18.9 Å². The highest BCUT2D eigenvalue weighted by atomic mass is 32.1. The molecule has 0 radical (unpaired) electrons. The summed E-state index contributed by atoms with van der Waals surface area (Å²) in [4.78, 5) is 24.7. The van der Waals surface area contributed by atoms with Crippen LogP contribution in [0.1, 0.15) is 18.9 Å². The molecule has 0 aromatic carbocycles. The molecule has 1 fully saturated rings. The van der Waals surface area contributed by atoms with Crippen molar-refractivity contribution >= 4 is 21.6 Å². The summed E-state index contributed by atoms with van der Waals surface area (Å²) in [5, 5.41) is 5.10. The third-order valence-corrected chi connectivity index (χ3v) is 4.44. The Morgan fingerprint density at radius 2 is 2.28 bits per heavy atom. The Balaban J connectivity index is 2.28. The number of hydrogen-bond acceptors (Lipinski definition) is 4. The molecule has 1 N–H and O–H groups in total. The van der Waals surface area contributed by atoms with Crippen LogP contribution in [0.15, 0.2) is 21.0 Å². The van der Waals surface area contributed by atoms with Gasteiger partial charge in [0, 0.05) is 13.6 Å². The van der Waals surface area contributed by atoms with Crippen molar-refractivity contribution < 1.29 is 0 Å². The number of thiophene rings is 1. The fourth-order valence-electron chi connectivity index (χ4n) is 2.56. The van der Waals surface area contributed by atoms with Gasteiger partial charge in [-0.1, -0.05) is 0 Å². The van der Waals surface area contributed by atoms with Crippen molar-refractivity contribution in [3.63, 3.8) is 0 Å². The lowest BCUT2D eigenvalue weighted by Crippen LogP contribution is -2.45. The summed E-state index contributed by atoms with van der Waals surface area (Å²) < 4.78 is 3.66. The van der Waals surface area contributed by atoms with E-state index in [1.165, 1.54) is 15.9 Å². The second-order valence-electron chi connectivity index (χ2n) is 4.65. The van der Waals surface area contributed by atoms with Crippen molar-refractivity contribution in [1.82, 2.24) is 14.5 Å². The molecule has 18 heavy (non-hydrogen) atoms. The van der Waals surface area contributed by atoms with Crippen molar-refractivity contribution in [3.05, 3.63) is 32.3 Å². The molecule has 2 aromatic rings. The van der Waals surface area contributed by atoms with Crippen LogP contribution in [-0.2, 0) is 7.05 Å². The zero-order chi connectivity index (χ0) is 12.7. The Morgan fingerprint density at radius 3 is 3.00 bits per heavy atom. The third-order valence-electron chi connectivity index (χ3n) is 3.55. The number of nitrogens with one attached hydrogen (secondary N) is 1. The molecular weight excluding hydrogens is 250 g/mol. The van der Waals surface area contributed by atoms with Crippen LogP contribution in [0.2, 0.25) is 0 Å². The number of nitrogens with zero attached hydrogens (tertiary/aromatic N) is 2. The molecule has 3 rings (SSSR count). The van der Waals surface area contributed by atoms with Gasteiger partial charge in [-0.05, 0) is 30.8 Å². The maximum atomic E-state index is 12.4. The van der Waals surface area contributed by atoms with Gasteiger partial charge in [0.2, 0.25) is 0 Å². The van der Waals surface area contributed by atoms with Gasteiger partial charge in [0.05, 0.1) is 11.6 Å². The highest BCUT2D eigenvalue weighted by molar-refractivity contribution is 7.17. The predicted molar refractivity (Wildman–Crippen MR) is 72.5 cm³/mol. The van der Waals surface area contributed by atoms with Crippen molar-refractivity contribution in [2.24, 2.45) is 7.05 Å². The lowest BCUT2D eigenvalue weighted by Gasteiger charge is -2.24. The minimum absolute atomic E-state index is 0.0172. The van der Waals surface area contributed by atoms with Crippen LogP contribution in [0.4, 0.5) is 0 Å². The second kappa shape index (κ2) is 4.37. The van der Waals surface area contributed by atoms with E-state index in [-0.39, 0.29) is 17.3 Å².